The van der Waals surface area contributed by atoms with Crippen LogP contribution in [-0.4, -0.2) is 34.1 Å². The summed E-state index contributed by atoms with van der Waals surface area (Å²) in [6.07, 6.45) is 1.52. The van der Waals surface area contributed by atoms with E-state index in [1.54, 1.807) is 24.3 Å². The molecule has 0 bridgehead atoms. The Morgan fingerprint density at radius 2 is 1.76 bits per heavy atom. The third-order valence-corrected chi connectivity index (χ3v) is 7.37. The van der Waals surface area contributed by atoms with E-state index >= 15 is 0 Å². The second kappa shape index (κ2) is 10.6. The van der Waals surface area contributed by atoms with Crippen molar-refractivity contribution in [1.29, 1.82) is 5.41 Å². The van der Waals surface area contributed by atoms with Gasteiger partial charge in [-0.1, -0.05) is 71.2 Å². The third-order valence-electron chi connectivity index (χ3n) is 5.45. The number of hydrogen-bond acceptors (Lipinski definition) is 6. The summed E-state index contributed by atoms with van der Waals surface area (Å²) in [6.45, 7) is 0.190. The summed E-state index contributed by atoms with van der Waals surface area (Å²) in [7, 11) is 1.49. The van der Waals surface area contributed by atoms with E-state index < -0.39 is 5.91 Å². The third kappa shape index (κ3) is 5.10. The number of rotatable bonds is 6. The molecule has 1 amide bonds. The van der Waals surface area contributed by atoms with Crippen molar-refractivity contribution in [2.24, 2.45) is 10.1 Å². The van der Waals surface area contributed by atoms with Crippen molar-refractivity contribution in [1.82, 2.24) is 5.01 Å². The molecule has 2 aliphatic heterocycles. The fourth-order valence-corrected chi connectivity index (χ4v) is 5.31. The lowest BCUT2D eigenvalue weighted by Gasteiger charge is -2.20. The van der Waals surface area contributed by atoms with E-state index in [1.165, 1.54) is 30.0 Å². The number of methoxy groups -OCH3 is 1. The molecular formula is C26H17Cl3N4O3S. The van der Waals surface area contributed by atoms with Crippen LogP contribution in [0.4, 0.5) is 0 Å². The SMILES string of the molecule is COc1cc(/C=C2/C(=N)N3N=C(c4ccccc4Cl)SC3=NC2=O)cc(Cl)c1OCc1ccccc1Cl. The van der Waals surface area contributed by atoms with Crippen LogP contribution in [0.25, 0.3) is 6.08 Å². The monoisotopic (exact) mass is 570 g/mol. The zero-order valence-electron chi connectivity index (χ0n) is 19.2. The number of carbonyl (C=O) groups excluding carboxylic acids is 1. The van der Waals surface area contributed by atoms with Gasteiger partial charge in [-0.2, -0.15) is 15.1 Å². The number of nitrogens with one attached hydrogen (secondary N) is 1. The number of nitrogens with zero attached hydrogens (tertiary/aromatic N) is 3. The van der Waals surface area contributed by atoms with Gasteiger partial charge < -0.3 is 9.47 Å². The predicted octanol–water partition coefficient (Wildman–Crippen LogP) is 6.90. The molecule has 0 radical (unpaired) electrons. The quantitative estimate of drug-likeness (QED) is 0.325. The van der Waals surface area contributed by atoms with E-state index in [4.69, 9.17) is 49.7 Å². The first kappa shape index (κ1) is 25.4. The Balaban J connectivity index is 1.43. The molecule has 2 aliphatic rings. The second-order valence-corrected chi connectivity index (χ2v) is 10.00. The Labute approximate surface area is 231 Å². The molecule has 3 aromatic carbocycles. The number of halogens is 3. The highest BCUT2D eigenvalue weighted by atomic mass is 35.5. The number of ether oxygens (including phenoxy) is 2. The van der Waals surface area contributed by atoms with Gasteiger partial charge in [0.15, 0.2) is 17.3 Å². The van der Waals surface area contributed by atoms with Crippen LogP contribution in [-0.2, 0) is 11.4 Å². The summed E-state index contributed by atoms with van der Waals surface area (Å²) in [4.78, 5) is 17.0. The molecule has 0 aromatic heterocycles. The topological polar surface area (TPSA) is 87.3 Å². The van der Waals surface area contributed by atoms with E-state index in [1.807, 2.05) is 36.4 Å². The van der Waals surface area contributed by atoms with Gasteiger partial charge in [-0.3, -0.25) is 10.2 Å². The predicted molar refractivity (Wildman–Crippen MR) is 149 cm³/mol. The Kier molecular flexibility index (Phi) is 7.26. The Bertz CT molecular complexity index is 1540. The molecule has 2 heterocycles. The van der Waals surface area contributed by atoms with Gasteiger partial charge >= 0.3 is 0 Å². The molecule has 0 unspecified atom stereocenters. The van der Waals surface area contributed by atoms with Crippen LogP contribution in [0, 0.1) is 5.41 Å². The standard InChI is InChI=1S/C26H17Cl3N4O3S/c1-35-21-12-14(11-20(29)22(21)36-13-15-6-2-4-8-18(15)27)10-17-23(30)33-26(31-24(17)34)37-25(32-33)16-7-3-5-9-19(16)28/h2-12,30H,13H2,1H3/b17-10-,30-23?. The summed E-state index contributed by atoms with van der Waals surface area (Å²) >= 11 is 20.2. The van der Waals surface area contributed by atoms with Crippen LogP contribution in [0.1, 0.15) is 16.7 Å². The number of fused-ring (bicyclic) bond motifs is 1. The van der Waals surface area contributed by atoms with E-state index in [2.05, 4.69) is 10.1 Å². The fourth-order valence-electron chi connectivity index (χ4n) is 3.63. The second-order valence-electron chi connectivity index (χ2n) is 7.82. The molecule has 186 valence electrons. The van der Waals surface area contributed by atoms with Crippen molar-refractivity contribution in [3.05, 3.63) is 98.0 Å². The maximum Gasteiger partial charge on any atom is 0.283 e. The Morgan fingerprint density at radius 3 is 2.49 bits per heavy atom. The van der Waals surface area contributed by atoms with E-state index in [0.717, 1.165) is 5.56 Å². The van der Waals surface area contributed by atoms with Gasteiger partial charge in [-0.15, -0.1) is 0 Å². The molecule has 3 aromatic rings. The molecule has 7 nitrogen and oxygen atoms in total. The van der Waals surface area contributed by atoms with Crippen LogP contribution in [0.15, 0.2) is 76.3 Å². The van der Waals surface area contributed by atoms with Gasteiger partial charge in [0.25, 0.3) is 5.91 Å². The summed E-state index contributed by atoms with van der Waals surface area (Å²) in [5, 5.41) is 16.6. The first-order valence-corrected chi connectivity index (χ1v) is 12.8. The van der Waals surface area contributed by atoms with Crippen LogP contribution in [0.3, 0.4) is 0 Å². The lowest BCUT2D eigenvalue weighted by Crippen LogP contribution is -2.35. The molecule has 0 atom stereocenters. The zero-order chi connectivity index (χ0) is 26.1. The van der Waals surface area contributed by atoms with Gasteiger partial charge in [0.2, 0.25) is 5.17 Å². The molecule has 37 heavy (non-hydrogen) atoms. The van der Waals surface area contributed by atoms with Gasteiger partial charge in [0, 0.05) is 16.1 Å². The molecule has 0 aliphatic carbocycles. The van der Waals surface area contributed by atoms with Crippen LogP contribution in [0.5, 0.6) is 11.5 Å². The molecule has 0 spiro atoms. The minimum absolute atomic E-state index is 0.0522. The van der Waals surface area contributed by atoms with Crippen molar-refractivity contribution in [3.8, 4) is 11.5 Å². The highest BCUT2D eigenvalue weighted by Gasteiger charge is 2.36. The summed E-state index contributed by atoms with van der Waals surface area (Å²) in [5.41, 5.74) is 2.07. The zero-order valence-corrected chi connectivity index (χ0v) is 22.3. The molecule has 0 saturated carbocycles. The number of hydrogen-bond donors (Lipinski definition) is 1. The minimum atomic E-state index is -0.562. The summed E-state index contributed by atoms with van der Waals surface area (Å²) < 4.78 is 11.4. The maximum absolute atomic E-state index is 12.8. The van der Waals surface area contributed by atoms with Crippen LogP contribution >= 0.6 is 46.6 Å². The minimum Gasteiger partial charge on any atom is -0.493 e. The van der Waals surface area contributed by atoms with Crippen molar-refractivity contribution < 1.29 is 14.3 Å². The molecule has 5 rings (SSSR count). The van der Waals surface area contributed by atoms with Crippen molar-refractivity contribution in [2.75, 3.05) is 7.11 Å². The highest BCUT2D eigenvalue weighted by Crippen LogP contribution is 2.39. The number of thioether (sulfide) groups is 1. The number of aliphatic imine (C=N–C) groups is 1. The largest absolute Gasteiger partial charge is 0.493 e. The number of amidine groups is 2. The summed E-state index contributed by atoms with van der Waals surface area (Å²) in [6, 6.07) is 17.8. The maximum atomic E-state index is 12.8. The fraction of sp³-hybridized carbons (Fsp3) is 0.0769. The van der Waals surface area contributed by atoms with E-state index in [-0.39, 0.29) is 23.0 Å². The van der Waals surface area contributed by atoms with E-state index in [9.17, 15) is 4.79 Å². The lowest BCUT2D eigenvalue weighted by atomic mass is 10.1. The molecule has 1 N–H and O–H groups in total. The Morgan fingerprint density at radius 1 is 1.03 bits per heavy atom. The van der Waals surface area contributed by atoms with Gasteiger partial charge in [0.1, 0.15) is 11.7 Å². The first-order valence-electron chi connectivity index (χ1n) is 10.8. The van der Waals surface area contributed by atoms with Crippen molar-refractivity contribution in [3.63, 3.8) is 0 Å². The van der Waals surface area contributed by atoms with Crippen molar-refractivity contribution >= 4 is 74.6 Å². The molecule has 0 fully saturated rings. The lowest BCUT2D eigenvalue weighted by molar-refractivity contribution is -0.114. The first-order chi connectivity index (χ1) is 17.9. The average molecular weight is 572 g/mol. The van der Waals surface area contributed by atoms with E-state index in [0.29, 0.717) is 42.9 Å². The summed E-state index contributed by atoms with van der Waals surface area (Å²) in [5.74, 6) is 0.0230. The normalized spacial score (nSPS) is 16.0. The molecule has 11 heteroatoms. The van der Waals surface area contributed by atoms with Crippen LogP contribution in [0.2, 0.25) is 15.1 Å². The number of amides is 1. The highest BCUT2D eigenvalue weighted by molar-refractivity contribution is 8.27. The van der Waals surface area contributed by atoms with Gasteiger partial charge in [-0.25, -0.2) is 0 Å². The smallest absolute Gasteiger partial charge is 0.283 e. The Hall–Kier alpha value is -3.30. The molecular weight excluding hydrogens is 555 g/mol. The van der Waals surface area contributed by atoms with Crippen molar-refractivity contribution in [2.45, 2.75) is 6.61 Å². The van der Waals surface area contributed by atoms with Gasteiger partial charge in [-0.05, 0) is 47.7 Å². The van der Waals surface area contributed by atoms with Crippen LogP contribution < -0.4 is 9.47 Å². The van der Waals surface area contributed by atoms with Gasteiger partial charge in [0.05, 0.1) is 22.7 Å². The number of hydrazone groups is 1. The molecule has 0 saturated heterocycles. The number of carbonyl (C=O) groups is 1. The average Bonchev–Trinajstić information content (AvgIpc) is 3.30. The number of benzene rings is 3.